The Morgan fingerprint density at radius 3 is 2.84 bits per heavy atom. The Labute approximate surface area is 117 Å². The van der Waals surface area contributed by atoms with E-state index in [9.17, 15) is 9.90 Å². The molecule has 1 atom stereocenters. The number of anilines is 1. The Bertz CT molecular complexity index is 426. The summed E-state index contributed by atoms with van der Waals surface area (Å²) in [5, 5.41) is 24.1. The highest BCUT2D eigenvalue weighted by Gasteiger charge is 2.09. The van der Waals surface area contributed by atoms with Crippen LogP contribution in [0.5, 0.6) is 0 Å². The highest BCUT2D eigenvalue weighted by Crippen LogP contribution is 2.23. The van der Waals surface area contributed by atoms with E-state index in [4.69, 9.17) is 16.7 Å². The van der Waals surface area contributed by atoms with Crippen LogP contribution in [0.4, 0.5) is 5.69 Å². The van der Waals surface area contributed by atoms with Crippen LogP contribution >= 0.6 is 11.6 Å². The molecule has 1 aromatic rings. The van der Waals surface area contributed by atoms with E-state index in [1.54, 1.807) is 18.2 Å². The first-order valence-corrected chi connectivity index (χ1v) is 6.56. The summed E-state index contributed by atoms with van der Waals surface area (Å²) < 4.78 is 0. The van der Waals surface area contributed by atoms with Gasteiger partial charge in [0.1, 0.15) is 0 Å². The number of amides is 1. The van der Waals surface area contributed by atoms with Gasteiger partial charge in [-0.3, -0.25) is 4.79 Å². The summed E-state index contributed by atoms with van der Waals surface area (Å²) in [5.74, 6) is -0.163. The minimum absolute atomic E-state index is 0.163. The molecular formula is C13H19ClN2O3. The molecule has 0 spiro atoms. The predicted octanol–water partition coefficient (Wildman–Crippen LogP) is 1.24. The van der Waals surface area contributed by atoms with E-state index in [1.165, 1.54) is 0 Å². The molecule has 106 valence electrons. The van der Waals surface area contributed by atoms with E-state index in [1.807, 2.05) is 6.92 Å². The van der Waals surface area contributed by atoms with Crippen LogP contribution in [-0.4, -0.2) is 41.9 Å². The molecule has 0 heterocycles. The number of aliphatic hydroxyl groups is 2. The molecule has 6 heteroatoms. The topological polar surface area (TPSA) is 81.6 Å². The first-order chi connectivity index (χ1) is 9.08. The van der Waals surface area contributed by atoms with Crippen molar-refractivity contribution < 1.29 is 15.0 Å². The first kappa shape index (κ1) is 15.8. The van der Waals surface area contributed by atoms with Gasteiger partial charge >= 0.3 is 0 Å². The van der Waals surface area contributed by atoms with E-state index in [2.05, 4.69) is 10.6 Å². The lowest BCUT2D eigenvalue weighted by Gasteiger charge is -2.13. The van der Waals surface area contributed by atoms with Gasteiger partial charge in [-0.25, -0.2) is 0 Å². The number of hydrogen-bond donors (Lipinski definition) is 4. The van der Waals surface area contributed by atoms with Crippen LogP contribution in [0.25, 0.3) is 0 Å². The maximum Gasteiger partial charge on any atom is 0.251 e. The molecule has 0 radical (unpaired) electrons. The van der Waals surface area contributed by atoms with Crippen LogP contribution in [0.15, 0.2) is 18.2 Å². The molecule has 0 aliphatic heterocycles. The molecule has 0 saturated heterocycles. The number of carbonyl (C=O) groups excluding carboxylic acids is 1. The zero-order chi connectivity index (χ0) is 14.3. The van der Waals surface area contributed by atoms with E-state index in [0.717, 1.165) is 6.42 Å². The van der Waals surface area contributed by atoms with Gasteiger partial charge in [0.05, 0.1) is 23.4 Å². The van der Waals surface area contributed by atoms with Crippen molar-refractivity contribution in [2.75, 3.05) is 25.0 Å². The molecule has 4 N–H and O–H groups in total. The summed E-state index contributed by atoms with van der Waals surface area (Å²) in [6, 6.07) is 4.88. The van der Waals surface area contributed by atoms with Crippen molar-refractivity contribution in [3.8, 4) is 0 Å². The second-order valence-corrected chi connectivity index (χ2v) is 4.58. The Morgan fingerprint density at radius 1 is 1.47 bits per heavy atom. The largest absolute Gasteiger partial charge is 0.394 e. The number of rotatable bonds is 7. The molecule has 1 amide bonds. The summed E-state index contributed by atoms with van der Waals surface area (Å²) in [6.45, 7) is 2.43. The third kappa shape index (κ3) is 5.06. The Morgan fingerprint density at radius 2 is 2.21 bits per heavy atom. The van der Waals surface area contributed by atoms with Gasteiger partial charge in [0.15, 0.2) is 0 Å². The highest BCUT2D eigenvalue weighted by molar-refractivity contribution is 6.33. The zero-order valence-electron chi connectivity index (χ0n) is 10.8. The molecule has 0 saturated carbocycles. The molecule has 0 aliphatic carbocycles. The number of carbonyl (C=O) groups is 1. The zero-order valence-corrected chi connectivity index (χ0v) is 11.6. The van der Waals surface area contributed by atoms with Gasteiger partial charge in [0.2, 0.25) is 0 Å². The van der Waals surface area contributed by atoms with Crippen LogP contribution in [0.1, 0.15) is 23.7 Å². The van der Waals surface area contributed by atoms with Gasteiger partial charge < -0.3 is 20.8 Å². The van der Waals surface area contributed by atoms with E-state index in [0.29, 0.717) is 22.8 Å². The summed E-state index contributed by atoms with van der Waals surface area (Å²) in [5.41, 5.74) is 1.05. The number of nitrogens with one attached hydrogen (secondary N) is 2. The molecule has 5 nitrogen and oxygen atoms in total. The van der Waals surface area contributed by atoms with Crippen LogP contribution in [0.2, 0.25) is 5.02 Å². The second-order valence-electron chi connectivity index (χ2n) is 4.17. The number of hydrogen-bond acceptors (Lipinski definition) is 4. The van der Waals surface area contributed by atoms with E-state index in [-0.39, 0.29) is 19.1 Å². The number of aliphatic hydroxyl groups excluding tert-OH is 2. The molecule has 1 rings (SSSR count). The van der Waals surface area contributed by atoms with Gasteiger partial charge in [-0.05, 0) is 24.6 Å². The average Bonchev–Trinajstić information content (AvgIpc) is 2.43. The first-order valence-electron chi connectivity index (χ1n) is 6.19. The maximum absolute atomic E-state index is 11.8. The minimum atomic E-state index is -0.867. The normalized spacial score (nSPS) is 12.0. The molecule has 1 aromatic carbocycles. The van der Waals surface area contributed by atoms with Crippen LogP contribution in [0.3, 0.4) is 0 Å². The van der Waals surface area contributed by atoms with Crippen molar-refractivity contribution in [3.63, 3.8) is 0 Å². The van der Waals surface area contributed by atoms with Crippen LogP contribution in [0, 0.1) is 0 Å². The minimum Gasteiger partial charge on any atom is -0.394 e. The predicted molar refractivity (Wildman–Crippen MR) is 75.7 cm³/mol. The van der Waals surface area contributed by atoms with Crippen LogP contribution < -0.4 is 10.6 Å². The molecule has 0 fully saturated rings. The Balaban J connectivity index is 2.73. The molecule has 0 bridgehead atoms. The quantitative estimate of drug-likeness (QED) is 0.608. The fourth-order valence-electron chi connectivity index (χ4n) is 1.43. The van der Waals surface area contributed by atoms with Crippen molar-refractivity contribution in [1.29, 1.82) is 0 Å². The van der Waals surface area contributed by atoms with E-state index < -0.39 is 6.10 Å². The molecule has 0 aliphatic rings. The third-order valence-electron chi connectivity index (χ3n) is 2.50. The molecule has 19 heavy (non-hydrogen) atoms. The smallest absolute Gasteiger partial charge is 0.251 e. The number of halogens is 1. The van der Waals surface area contributed by atoms with Crippen molar-refractivity contribution >= 4 is 23.2 Å². The Hall–Kier alpha value is -1.30. The van der Waals surface area contributed by atoms with E-state index >= 15 is 0 Å². The van der Waals surface area contributed by atoms with Gasteiger partial charge in [-0.1, -0.05) is 18.5 Å². The average molecular weight is 287 g/mol. The monoisotopic (exact) mass is 286 g/mol. The fourth-order valence-corrected chi connectivity index (χ4v) is 1.62. The molecule has 1 unspecified atom stereocenters. The van der Waals surface area contributed by atoms with Crippen molar-refractivity contribution in [2.24, 2.45) is 0 Å². The number of benzene rings is 1. The third-order valence-corrected chi connectivity index (χ3v) is 2.83. The SMILES string of the molecule is CCCNC(=O)c1ccc(Cl)c(NCC(O)CO)c1. The summed E-state index contributed by atoms with van der Waals surface area (Å²) in [7, 11) is 0. The molecule has 0 aromatic heterocycles. The Kier molecular flexibility index (Phi) is 6.62. The lowest BCUT2D eigenvalue weighted by molar-refractivity contribution is 0.0953. The van der Waals surface area contributed by atoms with Gasteiger partial charge in [-0.15, -0.1) is 0 Å². The summed E-state index contributed by atoms with van der Waals surface area (Å²) in [6.07, 6.45) is 0.00118. The summed E-state index contributed by atoms with van der Waals surface area (Å²) >= 11 is 5.99. The second kappa shape index (κ2) is 7.99. The van der Waals surface area contributed by atoms with Gasteiger partial charge in [0.25, 0.3) is 5.91 Å². The van der Waals surface area contributed by atoms with Crippen molar-refractivity contribution in [3.05, 3.63) is 28.8 Å². The molecular weight excluding hydrogens is 268 g/mol. The summed E-state index contributed by atoms with van der Waals surface area (Å²) in [4.78, 5) is 11.8. The lowest BCUT2D eigenvalue weighted by Crippen LogP contribution is -2.25. The van der Waals surface area contributed by atoms with Gasteiger partial charge in [0, 0.05) is 18.7 Å². The maximum atomic E-state index is 11.8. The lowest BCUT2D eigenvalue weighted by atomic mass is 10.2. The fraction of sp³-hybridized carbons (Fsp3) is 0.462. The van der Waals surface area contributed by atoms with Crippen molar-refractivity contribution in [1.82, 2.24) is 5.32 Å². The highest BCUT2D eigenvalue weighted by atomic mass is 35.5. The van der Waals surface area contributed by atoms with Crippen LogP contribution in [-0.2, 0) is 0 Å². The van der Waals surface area contributed by atoms with Gasteiger partial charge in [-0.2, -0.15) is 0 Å². The standard InChI is InChI=1S/C13H19ClN2O3/c1-2-5-15-13(19)9-3-4-11(14)12(6-9)16-7-10(18)8-17/h3-4,6,10,16-18H,2,5,7-8H2,1H3,(H,15,19). The van der Waals surface area contributed by atoms with Crippen molar-refractivity contribution in [2.45, 2.75) is 19.4 Å².